The number of methoxy groups -OCH3 is 1. The number of nitrogens with two attached hydrogens (primary N) is 1. The third kappa shape index (κ3) is 2.93. The molecule has 0 saturated carbocycles. The Morgan fingerprint density at radius 3 is 2.37 bits per heavy atom. The van der Waals surface area contributed by atoms with Gasteiger partial charge < -0.3 is 20.8 Å². The molecule has 1 atom stereocenters. The Labute approximate surface area is 110 Å². The summed E-state index contributed by atoms with van der Waals surface area (Å²) in [4.78, 5) is 37.2. The second kappa shape index (κ2) is 5.55. The van der Waals surface area contributed by atoms with Crippen molar-refractivity contribution in [2.45, 2.75) is 26.8 Å². The number of aromatic nitrogens is 1. The Balaban J connectivity index is 3.06. The Kier molecular flexibility index (Phi) is 4.31. The average Bonchev–Trinajstić information content (AvgIpc) is 2.63. The van der Waals surface area contributed by atoms with Gasteiger partial charge in [0, 0.05) is 5.69 Å². The highest BCUT2D eigenvalue weighted by Crippen LogP contribution is 2.18. The van der Waals surface area contributed by atoms with Gasteiger partial charge in [-0.2, -0.15) is 0 Å². The number of hydrogen-bond acceptors (Lipinski definition) is 4. The molecule has 1 aromatic rings. The predicted octanol–water partition coefficient (Wildman–Crippen LogP) is 0.0217. The Hall–Kier alpha value is -2.31. The summed E-state index contributed by atoms with van der Waals surface area (Å²) in [6.07, 6.45) is 0. The van der Waals surface area contributed by atoms with Crippen molar-refractivity contribution in [3.63, 3.8) is 0 Å². The van der Waals surface area contributed by atoms with E-state index >= 15 is 0 Å². The molecule has 0 aliphatic rings. The van der Waals surface area contributed by atoms with Crippen LogP contribution in [0.4, 0.5) is 0 Å². The summed E-state index contributed by atoms with van der Waals surface area (Å²) in [7, 11) is 1.27. The highest BCUT2D eigenvalue weighted by atomic mass is 16.5. The lowest BCUT2D eigenvalue weighted by Gasteiger charge is -2.09. The first-order chi connectivity index (χ1) is 8.79. The van der Waals surface area contributed by atoms with E-state index in [2.05, 4.69) is 15.0 Å². The van der Waals surface area contributed by atoms with Crippen LogP contribution in [0.5, 0.6) is 0 Å². The third-order valence-electron chi connectivity index (χ3n) is 2.83. The Morgan fingerprint density at radius 1 is 1.32 bits per heavy atom. The summed E-state index contributed by atoms with van der Waals surface area (Å²) >= 11 is 0. The SMILES string of the molecule is COC(=O)c1c(C)[nH]c(C(=O)N[C@@H](C)C(N)=O)c1C. The predicted molar refractivity (Wildman–Crippen MR) is 67.7 cm³/mol. The molecule has 7 nitrogen and oxygen atoms in total. The number of nitrogens with one attached hydrogen (secondary N) is 2. The van der Waals surface area contributed by atoms with E-state index in [-0.39, 0.29) is 5.69 Å². The molecule has 1 heterocycles. The molecule has 0 spiro atoms. The Morgan fingerprint density at radius 2 is 1.89 bits per heavy atom. The quantitative estimate of drug-likeness (QED) is 0.667. The number of aromatic amines is 1. The fraction of sp³-hybridized carbons (Fsp3) is 0.417. The second-order valence-corrected chi connectivity index (χ2v) is 4.21. The maximum Gasteiger partial charge on any atom is 0.339 e. The molecule has 19 heavy (non-hydrogen) atoms. The molecule has 2 amide bonds. The normalized spacial score (nSPS) is 11.8. The summed E-state index contributed by atoms with van der Waals surface area (Å²) in [5, 5.41) is 2.44. The van der Waals surface area contributed by atoms with Crippen LogP contribution in [0.15, 0.2) is 0 Å². The van der Waals surface area contributed by atoms with Crippen molar-refractivity contribution < 1.29 is 19.1 Å². The van der Waals surface area contributed by atoms with Crippen molar-refractivity contribution in [1.29, 1.82) is 0 Å². The molecule has 0 radical (unpaired) electrons. The van der Waals surface area contributed by atoms with E-state index in [4.69, 9.17) is 5.73 Å². The number of ether oxygens (including phenoxy) is 1. The minimum Gasteiger partial charge on any atom is -0.465 e. The van der Waals surface area contributed by atoms with Crippen LogP contribution in [0, 0.1) is 13.8 Å². The zero-order valence-corrected chi connectivity index (χ0v) is 11.3. The van der Waals surface area contributed by atoms with Gasteiger partial charge in [-0.05, 0) is 26.3 Å². The molecule has 0 aliphatic heterocycles. The summed E-state index contributed by atoms with van der Waals surface area (Å²) < 4.78 is 4.65. The van der Waals surface area contributed by atoms with Crippen LogP contribution >= 0.6 is 0 Å². The number of rotatable bonds is 4. The van der Waals surface area contributed by atoms with Gasteiger partial charge in [0.25, 0.3) is 5.91 Å². The van der Waals surface area contributed by atoms with Crippen LogP contribution in [0.2, 0.25) is 0 Å². The maximum atomic E-state index is 12.0. The fourth-order valence-corrected chi connectivity index (χ4v) is 1.73. The lowest BCUT2D eigenvalue weighted by molar-refractivity contribution is -0.119. The fourth-order valence-electron chi connectivity index (χ4n) is 1.73. The molecule has 1 rings (SSSR count). The molecular weight excluding hydrogens is 250 g/mol. The standard InChI is InChI=1S/C12H17N3O4/c1-5-8(12(18)19-4)6(2)14-9(5)11(17)15-7(3)10(13)16/h7,14H,1-4H3,(H2,13,16)(H,15,17)/t7-/m0/s1. The van der Waals surface area contributed by atoms with Crippen molar-refractivity contribution >= 4 is 17.8 Å². The van der Waals surface area contributed by atoms with Crippen molar-refractivity contribution in [2.75, 3.05) is 7.11 Å². The minimum absolute atomic E-state index is 0.214. The summed E-state index contributed by atoms with van der Waals surface area (Å²) in [6, 6.07) is -0.794. The molecule has 0 bridgehead atoms. The topological polar surface area (TPSA) is 114 Å². The monoisotopic (exact) mass is 267 g/mol. The largest absolute Gasteiger partial charge is 0.465 e. The molecule has 4 N–H and O–H groups in total. The van der Waals surface area contributed by atoms with E-state index in [0.717, 1.165) is 0 Å². The summed E-state index contributed by atoms with van der Waals surface area (Å²) in [5.74, 6) is -1.65. The first-order valence-electron chi connectivity index (χ1n) is 5.67. The molecule has 0 saturated heterocycles. The number of carbonyl (C=O) groups is 3. The van der Waals surface area contributed by atoms with Crippen LogP contribution < -0.4 is 11.1 Å². The van der Waals surface area contributed by atoms with E-state index in [0.29, 0.717) is 16.8 Å². The van der Waals surface area contributed by atoms with E-state index < -0.39 is 23.8 Å². The summed E-state index contributed by atoms with van der Waals surface area (Å²) in [5.41, 5.74) is 6.60. The van der Waals surface area contributed by atoms with Crippen LogP contribution in [0.1, 0.15) is 39.0 Å². The van der Waals surface area contributed by atoms with Crippen LogP contribution in [-0.2, 0) is 9.53 Å². The molecule has 104 valence electrons. The molecule has 0 aromatic carbocycles. The van der Waals surface area contributed by atoms with Gasteiger partial charge in [0.05, 0.1) is 12.7 Å². The first kappa shape index (κ1) is 14.7. The van der Waals surface area contributed by atoms with Gasteiger partial charge in [-0.3, -0.25) is 9.59 Å². The van der Waals surface area contributed by atoms with E-state index in [1.807, 2.05) is 0 Å². The molecule has 0 fully saturated rings. The average molecular weight is 267 g/mol. The molecule has 0 aliphatic carbocycles. The van der Waals surface area contributed by atoms with Gasteiger partial charge in [0.2, 0.25) is 5.91 Å². The number of H-pyrrole nitrogens is 1. The van der Waals surface area contributed by atoms with Crippen molar-refractivity contribution in [2.24, 2.45) is 5.73 Å². The Bertz CT molecular complexity index is 533. The number of carbonyl (C=O) groups excluding carboxylic acids is 3. The van der Waals surface area contributed by atoms with Crippen LogP contribution in [-0.4, -0.2) is 35.9 Å². The van der Waals surface area contributed by atoms with Crippen LogP contribution in [0.3, 0.4) is 0 Å². The minimum atomic E-state index is -0.794. The zero-order chi connectivity index (χ0) is 14.7. The number of primary amides is 1. The van der Waals surface area contributed by atoms with Gasteiger partial charge in [0.15, 0.2) is 0 Å². The van der Waals surface area contributed by atoms with Gasteiger partial charge in [-0.15, -0.1) is 0 Å². The maximum absolute atomic E-state index is 12.0. The van der Waals surface area contributed by atoms with Gasteiger partial charge in [-0.25, -0.2) is 4.79 Å². The number of esters is 1. The highest BCUT2D eigenvalue weighted by Gasteiger charge is 2.23. The van der Waals surface area contributed by atoms with Crippen LogP contribution in [0.25, 0.3) is 0 Å². The van der Waals surface area contributed by atoms with Crippen molar-refractivity contribution in [3.05, 3.63) is 22.5 Å². The van der Waals surface area contributed by atoms with E-state index in [9.17, 15) is 14.4 Å². The molecular formula is C12H17N3O4. The number of aryl methyl sites for hydroxylation is 1. The number of hydrogen-bond donors (Lipinski definition) is 3. The second-order valence-electron chi connectivity index (χ2n) is 4.21. The first-order valence-corrected chi connectivity index (χ1v) is 5.67. The van der Waals surface area contributed by atoms with Crippen molar-refractivity contribution in [3.8, 4) is 0 Å². The van der Waals surface area contributed by atoms with Crippen molar-refractivity contribution in [1.82, 2.24) is 10.3 Å². The van der Waals surface area contributed by atoms with Gasteiger partial charge in [-0.1, -0.05) is 0 Å². The third-order valence-corrected chi connectivity index (χ3v) is 2.83. The zero-order valence-electron chi connectivity index (χ0n) is 11.3. The summed E-state index contributed by atoms with van der Waals surface area (Å²) in [6.45, 7) is 4.76. The number of amides is 2. The highest BCUT2D eigenvalue weighted by molar-refractivity contribution is 6.01. The molecule has 0 unspecified atom stereocenters. The van der Waals surface area contributed by atoms with E-state index in [1.54, 1.807) is 13.8 Å². The van der Waals surface area contributed by atoms with E-state index in [1.165, 1.54) is 14.0 Å². The lowest BCUT2D eigenvalue weighted by atomic mass is 10.1. The molecule has 7 heteroatoms. The smallest absolute Gasteiger partial charge is 0.339 e. The molecule has 1 aromatic heterocycles. The van der Waals surface area contributed by atoms with Gasteiger partial charge >= 0.3 is 5.97 Å². The van der Waals surface area contributed by atoms with Gasteiger partial charge in [0.1, 0.15) is 11.7 Å². The lowest BCUT2D eigenvalue weighted by Crippen LogP contribution is -2.42.